The van der Waals surface area contributed by atoms with E-state index in [4.69, 9.17) is 0 Å². The smallest absolute Gasteiger partial charge is 2.00 e. The molecule has 0 fully saturated rings. The van der Waals surface area contributed by atoms with E-state index in [0.717, 1.165) is 0 Å². The molecule has 0 aromatic rings. The molecule has 0 aliphatic carbocycles. The third-order valence-electron chi connectivity index (χ3n) is 0. The van der Waals surface area contributed by atoms with Crippen LogP contribution in [-0.4, -0.2) is 0 Å². The summed E-state index contributed by atoms with van der Waals surface area (Å²) in [6.45, 7) is 0. The molecule has 0 aromatic heterocycles. The minimum absolute atomic E-state index is 0. The number of hydrogen-bond acceptors (Lipinski definition) is 0. The number of hydrogen-bond donors (Lipinski definition) is 0. The summed E-state index contributed by atoms with van der Waals surface area (Å²) in [5.74, 6) is 0. The first-order chi connectivity index (χ1) is 0. The Morgan fingerprint density at radius 3 is 0.500 bits per heavy atom. The van der Waals surface area contributed by atoms with Crippen LogP contribution in [0.3, 0.4) is 0 Å². The molecule has 4 heavy (non-hydrogen) atoms. The molecule has 0 rings (SSSR count). The average molecular weight is 394 g/mol. The van der Waals surface area contributed by atoms with Crippen LogP contribution in [0.15, 0.2) is 0 Å². The third kappa shape index (κ3) is 9.99. The Morgan fingerprint density at radius 1 is 0.500 bits per heavy atom. The van der Waals surface area contributed by atoms with Gasteiger partial charge in [0.2, 0.25) is 0 Å². The van der Waals surface area contributed by atoms with E-state index in [-0.39, 0.29) is 55.7 Å². The number of rotatable bonds is 0. The van der Waals surface area contributed by atoms with E-state index in [1.54, 1.807) is 0 Å². The monoisotopic (exact) mass is 394 g/mol. The summed E-state index contributed by atoms with van der Waals surface area (Å²) < 4.78 is 0. The Morgan fingerprint density at radius 2 is 0.500 bits per heavy atom. The van der Waals surface area contributed by atoms with E-state index in [1.165, 1.54) is 0 Å². The third-order valence-corrected chi connectivity index (χ3v) is 0. The van der Waals surface area contributed by atoms with Gasteiger partial charge in [-0.25, -0.2) is 0 Å². The van der Waals surface area contributed by atoms with Crippen molar-refractivity contribution >= 4 is 0 Å². The van der Waals surface area contributed by atoms with Gasteiger partial charge in [-0.3, -0.25) is 0 Å². The molecule has 0 spiro atoms. The van der Waals surface area contributed by atoms with Gasteiger partial charge in [0.05, 0.1) is 0 Å². The van der Waals surface area contributed by atoms with Crippen molar-refractivity contribution in [3.8, 4) is 0 Å². The van der Waals surface area contributed by atoms with Crippen molar-refractivity contribution in [1.29, 1.82) is 0 Å². The maximum Gasteiger partial charge on any atom is 5.00 e. The van der Waals surface area contributed by atoms with E-state index >= 15 is 0 Å². The second kappa shape index (κ2) is 25.9. The Balaban J connectivity index is 0. The molecule has 4 heteroatoms. The summed E-state index contributed by atoms with van der Waals surface area (Å²) in [6.07, 6.45) is 0. The fourth-order valence-electron chi connectivity index (χ4n) is 0. The minimum Gasteiger partial charge on any atom is -2.00 e. The second-order valence-corrected chi connectivity index (χ2v) is 0. The molecule has 0 bridgehead atoms. The van der Waals surface area contributed by atoms with E-state index < -0.39 is 0 Å². The van der Waals surface area contributed by atoms with Gasteiger partial charge in [-0.05, 0) is 0 Å². The van der Waals surface area contributed by atoms with Crippen LogP contribution < -0.4 is 0 Å². The fraction of sp³-hybridized carbons (Fsp3) is 0. The maximum absolute atomic E-state index is 0. The van der Waals surface area contributed by atoms with Crippen molar-refractivity contribution in [2.75, 3.05) is 0 Å². The zero-order valence-corrected chi connectivity index (χ0v) is 8.14. The van der Waals surface area contributed by atoms with Crippen LogP contribution in [0.5, 0.6) is 0 Å². The van der Waals surface area contributed by atoms with Gasteiger partial charge in [-0.1, -0.05) is 0 Å². The van der Waals surface area contributed by atoms with E-state index in [1.807, 2.05) is 0 Å². The van der Waals surface area contributed by atoms with Gasteiger partial charge in [-0.15, -0.1) is 0 Å². The normalized spacial score (nSPS) is 0. The van der Waals surface area contributed by atoms with Crippen molar-refractivity contribution in [2.45, 2.75) is 0 Å². The quantitative estimate of drug-likeness (QED) is 0.545. The van der Waals surface area contributed by atoms with Crippen molar-refractivity contribution in [3.05, 3.63) is 0 Å². The molecule has 2 nitrogen and oxygen atoms in total. The van der Waals surface area contributed by atoms with Gasteiger partial charge in [0.25, 0.3) is 0 Å². The molecular formula is O2Ta2+6. The summed E-state index contributed by atoms with van der Waals surface area (Å²) in [5.41, 5.74) is 0. The second-order valence-electron chi connectivity index (χ2n) is 0. The van der Waals surface area contributed by atoms with Crippen LogP contribution in [0.4, 0.5) is 0 Å². The molecule has 0 atom stereocenters. The molecule has 0 saturated carbocycles. The van der Waals surface area contributed by atoms with Crippen molar-refractivity contribution in [2.24, 2.45) is 0 Å². The Bertz CT molecular complexity index is 4.00. The van der Waals surface area contributed by atoms with Gasteiger partial charge in [-0.2, -0.15) is 0 Å². The van der Waals surface area contributed by atoms with Crippen LogP contribution in [0, 0.1) is 0 Å². The average Bonchev–Trinajstić information content (AvgIpc) is 0. The summed E-state index contributed by atoms with van der Waals surface area (Å²) in [6, 6.07) is 0. The Labute approximate surface area is 55.6 Å². The molecule has 0 aliphatic heterocycles. The fourth-order valence-corrected chi connectivity index (χ4v) is 0. The molecule has 0 aliphatic rings. The molecule has 0 heterocycles. The van der Waals surface area contributed by atoms with E-state index in [2.05, 4.69) is 0 Å². The Hall–Kier alpha value is 1.40. The first-order valence-corrected chi connectivity index (χ1v) is 0. The van der Waals surface area contributed by atoms with Crippen LogP contribution in [0.1, 0.15) is 0 Å². The molecule has 0 amide bonds. The molecule has 16 valence electrons. The van der Waals surface area contributed by atoms with Gasteiger partial charge >= 0.3 is 44.8 Å². The van der Waals surface area contributed by atoms with Crippen LogP contribution in [0.2, 0.25) is 0 Å². The largest absolute Gasteiger partial charge is 5.00 e. The van der Waals surface area contributed by atoms with E-state index in [9.17, 15) is 0 Å². The first kappa shape index (κ1) is 53.3. The summed E-state index contributed by atoms with van der Waals surface area (Å²) in [7, 11) is 0. The standard InChI is InChI=1S/2O.2Ta/q2*-2;2*+5. The van der Waals surface area contributed by atoms with Gasteiger partial charge in [0, 0.05) is 0 Å². The van der Waals surface area contributed by atoms with Crippen molar-refractivity contribution in [1.82, 2.24) is 0 Å². The topological polar surface area (TPSA) is 57.0 Å². The molecular weight excluding hydrogens is 394 g/mol. The predicted molar refractivity (Wildman–Crippen MR) is 1.37 cm³/mol. The first-order valence-electron chi connectivity index (χ1n) is 0. The summed E-state index contributed by atoms with van der Waals surface area (Å²) in [4.78, 5) is 0. The predicted octanol–water partition coefficient (Wildman–Crippen LogP) is -0.243. The van der Waals surface area contributed by atoms with Gasteiger partial charge in [0.15, 0.2) is 0 Å². The molecule has 0 saturated heterocycles. The summed E-state index contributed by atoms with van der Waals surface area (Å²) in [5, 5.41) is 0. The zero-order valence-electron chi connectivity index (χ0n) is 1.71. The maximum atomic E-state index is 0. The van der Waals surface area contributed by atoms with Crippen LogP contribution >= 0.6 is 0 Å². The van der Waals surface area contributed by atoms with Crippen LogP contribution in [0.25, 0.3) is 0 Å². The summed E-state index contributed by atoms with van der Waals surface area (Å²) >= 11 is 0. The Kier molecular flexibility index (Phi) is 346. The molecule has 0 N–H and O–H groups in total. The van der Waals surface area contributed by atoms with Gasteiger partial charge in [0.1, 0.15) is 0 Å². The SMILES string of the molecule is [O-2].[O-2].[Ta+5].[Ta+5]. The van der Waals surface area contributed by atoms with E-state index in [0.29, 0.717) is 0 Å². The minimum atomic E-state index is 0. The van der Waals surface area contributed by atoms with Crippen molar-refractivity contribution in [3.63, 3.8) is 0 Å². The van der Waals surface area contributed by atoms with Gasteiger partial charge < -0.3 is 11.0 Å². The molecule has 0 aromatic carbocycles. The molecule has 0 unspecified atom stereocenters. The molecule has 0 radical (unpaired) electrons. The van der Waals surface area contributed by atoms with Crippen LogP contribution in [-0.2, 0) is 55.7 Å². The van der Waals surface area contributed by atoms with Crippen molar-refractivity contribution < 1.29 is 55.7 Å². The zero-order chi connectivity index (χ0) is 0.